The molecule has 1 atom stereocenters. The first-order valence-corrected chi connectivity index (χ1v) is 9.50. The summed E-state index contributed by atoms with van der Waals surface area (Å²) in [7, 11) is 5.26. The molecule has 7 heteroatoms. The van der Waals surface area contributed by atoms with Gasteiger partial charge < -0.3 is 25.0 Å². The number of carbonyl (C=O) groups is 1. The predicted octanol–water partition coefficient (Wildman–Crippen LogP) is 1.50. The number of benzene rings is 1. The van der Waals surface area contributed by atoms with Crippen molar-refractivity contribution in [3.63, 3.8) is 0 Å². The third-order valence-corrected chi connectivity index (χ3v) is 4.43. The van der Waals surface area contributed by atoms with Crippen molar-refractivity contribution in [2.75, 3.05) is 54.1 Å². The van der Waals surface area contributed by atoms with Gasteiger partial charge in [-0.2, -0.15) is 0 Å². The quantitative estimate of drug-likeness (QED) is 0.388. The summed E-state index contributed by atoms with van der Waals surface area (Å²) in [6.07, 6.45) is 2.04. The van der Waals surface area contributed by atoms with E-state index in [-0.39, 0.29) is 5.91 Å². The maximum absolute atomic E-state index is 11.9. The first-order valence-electron chi connectivity index (χ1n) is 9.50. The summed E-state index contributed by atoms with van der Waals surface area (Å²) in [6.45, 7) is 4.68. The molecule has 2 rings (SSSR count). The molecule has 150 valence electrons. The molecule has 1 aromatic rings. The minimum atomic E-state index is 0.00895. The van der Waals surface area contributed by atoms with Crippen molar-refractivity contribution in [1.82, 2.24) is 15.5 Å². The number of ether oxygens (including phenoxy) is 2. The number of nitrogens with zero attached hydrogens (tertiary/aromatic N) is 2. The second-order valence-electron chi connectivity index (χ2n) is 6.91. The van der Waals surface area contributed by atoms with Gasteiger partial charge in [-0.1, -0.05) is 12.1 Å². The Labute approximate surface area is 162 Å². The maximum Gasteiger partial charge on any atom is 0.253 e. The summed E-state index contributed by atoms with van der Waals surface area (Å²) in [6, 6.07) is 7.61. The predicted molar refractivity (Wildman–Crippen MR) is 107 cm³/mol. The number of guanidine groups is 1. The van der Waals surface area contributed by atoms with Gasteiger partial charge in [0.25, 0.3) is 5.91 Å². The molecule has 0 spiro atoms. The van der Waals surface area contributed by atoms with E-state index in [0.29, 0.717) is 18.0 Å². The van der Waals surface area contributed by atoms with Crippen molar-refractivity contribution in [2.24, 2.45) is 10.9 Å². The van der Waals surface area contributed by atoms with Crippen molar-refractivity contribution >= 4 is 11.9 Å². The van der Waals surface area contributed by atoms with E-state index >= 15 is 0 Å². The Morgan fingerprint density at radius 3 is 2.70 bits per heavy atom. The van der Waals surface area contributed by atoms with E-state index in [1.54, 1.807) is 26.0 Å². The lowest BCUT2D eigenvalue weighted by Gasteiger charge is -2.13. The van der Waals surface area contributed by atoms with E-state index in [9.17, 15) is 4.79 Å². The van der Waals surface area contributed by atoms with Crippen LogP contribution >= 0.6 is 0 Å². The highest BCUT2D eigenvalue weighted by Gasteiger charge is 2.15. The molecule has 7 nitrogen and oxygen atoms in total. The van der Waals surface area contributed by atoms with Gasteiger partial charge >= 0.3 is 0 Å². The molecule has 2 N–H and O–H groups in total. The first kappa shape index (κ1) is 21.2. The van der Waals surface area contributed by atoms with Crippen LogP contribution in [0.3, 0.4) is 0 Å². The third kappa shape index (κ3) is 7.56. The highest BCUT2D eigenvalue weighted by Crippen LogP contribution is 2.12. The van der Waals surface area contributed by atoms with Gasteiger partial charge in [0.2, 0.25) is 0 Å². The van der Waals surface area contributed by atoms with Crippen LogP contribution in [0.2, 0.25) is 0 Å². The van der Waals surface area contributed by atoms with Crippen molar-refractivity contribution in [3.05, 3.63) is 35.4 Å². The summed E-state index contributed by atoms with van der Waals surface area (Å²) in [4.78, 5) is 17.7. The minimum absolute atomic E-state index is 0.00895. The fourth-order valence-electron chi connectivity index (χ4n) is 2.78. The number of hydrogen-bond donors (Lipinski definition) is 2. The van der Waals surface area contributed by atoms with Gasteiger partial charge in [0.05, 0.1) is 13.2 Å². The summed E-state index contributed by atoms with van der Waals surface area (Å²) >= 11 is 0. The van der Waals surface area contributed by atoms with E-state index in [1.807, 2.05) is 24.3 Å². The Hall–Kier alpha value is -2.12. The van der Waals surface area contributed by atoms with E-state index in [0.717, 1.165) is 57.3 Å². The molecule has 1 aromatic carbocycles. The van der Waals surface area contributed by atoms with Crippen LogP contribution in [0.15, 0.2) is 29.3 Å². The summed E-state index contributed by atoms with van der Waals surface area (Å²) < 4.78 is 11.0. The fourth-order valence-corrected chi connectivity index (χ4v) is 2.78. The summed E-state index contributed by atoms with van der Waals surface area (Å²) in [5.41, 5.74) is 1.78. The second-order valence-corrected chi connectivity index (χ2v) is 6.91. The first-order chi connectivity index (χ1) is 13.1. The Morgan fingerprint density at radius 1 is 1.30 bits per heavy atom. The number of aliphatic imine (C=N–C) groups is 1. The normalized spacial score (nSPS) is 17.0. The summed E-state index contributed by atoms with van der Waals surface area (Å²) in [5, 5.41) is 6.57. The van der Waals surface area contributed by atoms with Crippen LogP contribution in [-0.4, -0.2) is 70.9 Å². The molecule has 0 aliphatic carbocycles. The fraction of sp³-hybridized carbons (Fsp3) is 0.600. The van der Waals surface area contributed by atoms with Gasteiger partial charge in [0.15, 0.2) is 5.96 Å². The smallest absolute Gasteiger partial charge is 0.253 e. The van der Waals surface area contributed by atoms with Gasteiger partial charge in [0.1, 0.15) is 0 Å². The maximum atomic E-state index is 11.9. The van der Waals surface area contributed by atoms with Crippen LogP contribution < -0.4 is 10.6 Å². The molecule has 1 aliphatic heterocycles. The SMILES string of the molecule is CN=C(NCCCOCC1CCOC1)NCc1ccc(C(=O)N(C)C)cc1. The number of rotatable bonds is 9. The van der Waals surface area contributed by atoms with Crippen molar-refractivity contribution in [3.8, 4) is 0 Å². The molecule has 1 saturated heterocycles. The number of carbonyl (C=O) groups excluding carboxylic acids is 1. The summed E-state index contributed by atoms with van der Waals surface area (Å²) in [5.74, 6) is 1.33. The number of nitrogens with one attached hydrogen (secondary N) is 2. The highest BCUT2D eigenvalue weighted by atomic mass is 16.5. The zero-order chi connectivity index (χ0) is 19.5. The molecule has 0 aromatic heterocycles. The van der Waals surface area contributed by atoms with Crippen molar-refractivity contribution < 1.29 is 14.3 Å². The van der Waals surface area contributed by atoms with E-state index in [2.05, 4.69) is 15.6 Å². The zero-order valence-corrected chi connectivity index (χ0v) is 16.7. The number of hydrogen-bond acceptors (Lipinski definition) is 4. The van der Waals surface area contributed by atoms with Crippen LogP contribution in [-0.2, 0) is 16.0 Å². The lowest BCUT2D eigenvalue weighted by Crippen LogP contribution is -2.37. The Bertz CT molecular complexity index is 596. The van der Waals surface area contributed by atoms with Crippen molar-refractivity contribution in [1.29, 1.82) is 0 Å². The van der Waals surface area contributed by atoms with Crippen LogP contribution in [0, 0.1) is 5.92 Å². The van der Waals surface area contributed by atoms with Gasteiger partial charge in [-0.05, 0) is 30.5 Å². The van der Waals surface area contributed by atoms with Crippen molar-refractivity contribution in [2.45, 2.75) is 19.4 Å². The molecule has 1 amide bonds. The lowest BCUT2D eigenvalue weighted by molar-refractivity contribution is 0.0827. The van der Waals surface area contributed by atoms with Crippen LogP contribution in [0.4, 0.5) is 0 Å². The molecule has 0 saturated carbocycles. The van der Waals surface area contributed by atoms with E-state index in [4.69, 9.17) is 9.47 Å². The molecule has 27 heavy (non-hydrogen) atoms. The van der Waals surface area contributed by atoms with Crippen LogP contribution in [0.25, 0.3) is 0 Å². The molecular formula is C20H32N4O3. The van der Waals surface area contributed by atoms with E-state index in [1.165, 1.54) is 0 Å². The average molecular weight is 377 g/mol. The molecule has 1 heterocycles. The average Bonchev–Trinajstić information content (AvgIpc) is 3.20. The largest absolute Gasteiger partial charge is 0.381 e. The molecule has 1 fully saturated rings. The molecule has 0 radical (unpaired) electrons. The second kappa shape index (κ2) is 11.6. The van der Waals surface area contributed by atoms with Crippen LogP contribution in [0.1, 0.15) is 28.8 Å². The van der Waals surface area contributed by atoms with Gasteiger partial charge in [0, 0.05) is 58.9 Å². The molecular weight excluding hydrogens is 344 g/mol. The third-order valence-electron chi connectivity index (χ3n) is 4.43. The molecule has 0 bridgehead atoms. The monoisotopic (exact) mass is 376 g/mol. The number of amides is 1. The van der Waals surface area contributed by atoms with Gasteiger partial charge in [-0.3, -0.25) is 9.79 Å². The van der Waals surface area contributed by atoms with Crippen LogP contribution in [0.5, 0.6) is 0 Å². The topological polar surface area (TPSA) is 75.2 Å². The highest BCUT2D eigenvalue weighted by molar-refractivity contribution is 5.93. The van der Waals surface area contributed by atoms with Gasteiger partial charge in [-0.25, -0.2) is 0 Å². The van der Waals surface area contributed by atoms with E-state index < -0.39 is 0 Å². The lowest BCUT2D eigenvalue weighted by atomic mass is 10.1. The molecule has 1 unspecified atom stereocenters. The minimum Gasteiger partial charge on any atom is -0.381 e. The standard InChI is InChI=1S/C20H32N4O3/c1-21-20(22-10-4-11-26-14-17-9-12-27-15-17)23-13-16-5-7-18(8-6-16)19(25)24(2)3/h5-8,17H,4,9-15H2,1-3H3,(H2,21,22,23). The zero-order valence-electron chi connectivity index (χ0n) is 16.7. The van der Waals surface area contributed by atoms with Gasteiger partial charge in [-0.15, -0.1) is 0 Å². The Balaban J connectivity index is 1.61. The Morgan fingerprint density at radius 2 is 2.07 bits per heavy atom. The Kier molecular flexibility index (Phi) is 9.07. The molecule has 1 aliphatic rings.